The minimum Gasteiger partial charge on any atom is -0.0801 e. The molecule has 0 unspecified atom stereocenters. The standard InChI is InChI=1S/C20H32/c1-14(15-12-10-11-13-15)16-17(2,3)19(6,7)20(8,9)18(16,4)5/h10-12H,13H2,1-9H3. The van der Waals surface area contributed by atoms with Gasteiger partial charge in [0, 0.05) is 0 Å². The maximum absolute atomic E-state index is 2.45. The molecule has 0 N–H and O–H groups in total. The highest BCUT2D eigenvalue weighted by Gasteiger charge is 2.65. The molecule has 2 rings (SSSR count). The highest BCUT2D eigenvalue weighted by molar-refractivity contribution is 5.48. The molecule has 0 atom stereocenters. The number of hydrogen-bond donors (Lipinski definition) is 0. The van der Waals surface area contributed by atoms with Gasteiger partial charge in [-0.15, -0.1) is 0 Å². The van der Waals surface area contributed by atoms with Crippen LogP contribution in [0.2, 0.25) is 0 Å². The summed E-state index contributed by atoms with van der Waals surface area (Å²) in [7, 11) is 0. The van der Waals surface area contributed by atoms with Gasteiger partial charge in [0.25, 0.3) is 0 Å². The van der Waals surface area contributed by atoms with Gasteiger partial charge >= 0.3 is 0 Å². The van der Waals surface area contributed by atoms with Crippen LogP contribution in [-0.4, -0.2) is 0 Å². The molecule has 0 heterocycles. The highest BCUT2D eigenvalue weighted by Crippen LogP contribution is 2.73. The van der Waals surface area contributed by atoms with Crippen molar-refractivity contribution in [3.8, 4) is 0 Å². The average molecular weight is 272 g/mol. The van der Waals surface area contributed by atoms with Gasteiger partial charge in [-0.3, -0.25) is 0 Å². The summed E-state index contributed by atoms with van der Waals surface area (Å²) < 4.78 is 0. The van der Waals surface area contributed by atoms with Crippen LogP contribution < -0.4 is 0 Å². The van der Waals surface area contributed by atoms with Gasteiger partial charge in [-0.05, 0) is 46.2 Å². The zero-order chi connectivity index (χ0) is 15.6. The summed E-state index contributed by atoms with van der Waals surface area (Å²) in [5.74, 6) is 0. The van der Waals surface area contributed by atoms with E-state index in [0.717, 1.165) is 6.42 Å². The molecule has 0 aromatic heterocycles. The normalized spacial score (nSPS) is 28.6. The van der Waals surface area contributed by atoms with E-state index in [1.165, 1.54) is 11.1 Å². The summed E-state index contributed by atoms with van der Waals surface area (Å²) >= 11 is 0. The van der Waals surface area contributed by atoms with E-state index in [1.54, 1.807) is 5.57 Å². The van der Waals surface area contributed by atoms with Gasteiger partial charge in [0.15, 0.2) is 0 Å². The molecule has 0 aromatic rings. The first-order valence-electron chi connectivity index (χ1n) is 7.97. The average Bonchev–Trinajstić information content (AvgIpc) is 2.82. The number of allylic oxidation sites excluding steroid dienone is 6. The maximum atomic E-state index is 2.45. The molecule has 1 saturated carbocycles. The molecule has 112 valence electrons. The predicted octanol–water partition coefficient (Wildman–Crippen LogP) is 6.31. The third-order valence-electron chi connectivity index (χ3n) is 7.57. The van der Waals surface area contributed by atoms with Gasteiger partial charge in [-0.2, -0.15) is 0 Å². The van der Waals surface area contributed by atoms with Gasteiger partial charge in [-0.25, -0.2) is 0 Å². The van der Waals surface area contributed by atoms with Crippen molar-refractivity contribution in [3.05, 3.63) is 34.9 Å². The van der Waals surface area contributed by atoms with Crippen LogP contribution in [0.25, 0.3) is 0 Å². The Bertz CT molecular complexity index is 488. The summed E-state index contributed by atoms with van der Waals surface area (Å²) in [6, 6.07) is 0. The first-order valence-corrected chi connectivity index (χ1v) is 7.97. The van der Waals surface area contributed by atoms with E-state index in [4.69, 9.17) is 0 Å². The van der Waals surface area contributed by atoms with Crippen LogP contribution in [0.5, 0.6) is 0 Å². The lowest BCUT2D eigenvalue weighted by Crippen LogP contribution is -2.40. The Morgan fingerprint density at radius 2 is 1.30 bits per heavy atom. The van der Waals surface area contributed by atoms with E-state index in [9.17, 15) is 0 Å². The van der Waals surface area contributed by atoms with Crippen molar-refractivity contribution in [1.82, 2.24) is 0 Å². The van der Waals surface area contributed by atoms with Gasteiger partial charge in [-0.1, -0.05) is 79.2 Å². The van der Waals surface area contributed by atoms with Crippen molar-refractivity contribution in [2.75, 3.05) is 0 Å². The molecular weight excluding hydrogens is 240 g/mol. The second-order valence-electron chi connectivity index (χ2n) is 8.82. The molecule has 1 fully saturated rings. The fraction of sp³-hybridized carbons (Fsp3) is 0.700. The SMILES string of the molecule is CC(C1=CC=CC1)=C1C(C)(C)C(C)(C)C(C)(C)C1(C)C. The molecule has 0 saturated heterocycles. The van der Waals surface area contributed by atoms with E-state index in [0.29, 0.717) is 0 Å². The lowest BCUT2D eigenvalue weighted by atomic mass is 9.57. The molecule has 0 nitrogen and oxygen atoms in total. The highest BCUT2D eigenvalue weighted by atomic mass is 14.7. The quantitative estimate of drug-likeness (QED) is 0.525. The first-order chi connectivity index (χ1) is 8.89. The first kappa shape index (κ1) is 15.6. The molecule has 0 amide bonds. The lowest BCUT2D eigenvalue weighted by molar-refractivity contribution is 0.0135. The monoisotopic (exact) mass is 272 g/mol. The molecule has 20 heavy (non-hydrogen) atoms. The van der Waals surface area contributed by atoms with Gasteiger partial charge in [0.1, 0.15) is 0 Å². The topological polar surface area (TPSA) is 0 Å². The predicted molar refractivity (Wildman–Crippen MR) is 89.7 cm³/mol. The third-order valence-corrected chi connectivity index (χ3v) is 7.57. The fourth-order valence-electron chi connectivity index (χ4n) is 4.79. The van der Waals surface area contributed by atoms with Crippen molar-refractivity contribution in [3.63, 3.8) is 0 Å². The van der Waals surface area contributed by atoms with Gasteiger partial charge in [0.05, 0.1) is 0 Å². The smallest absolute Gasteiger partial charge is 0.00768 e. The Balaban J connectivity index is 2.72. The number of hydrogen-bond acceptors (Lipinski definition) is 0. The minimum absolute atomic E-state index is 0.216. The molecular formula is C20H32. The van der Waals surface area contributed by atoms with Crippen molar-refractivity contribution in [2.24, 2.45) is 21.7 Å². The summed E-state index contributed by atoms with van der Waals surface area (Å²) in [5, 5.41) is 0. The molecule has 0 spiro atoms. The second kappa shape index (κ2) is 4.12. The van der Waals surface area contributed by atoms with E-state index >= 15 is 0 Å². The Morgan fingerprint density at radius 1 is 0.850 bits per heavy atom. The third kappa shape index (κ3) is 1.60. The van der Waals surface area contributed by atoms with Crippen LogP contribution in [-0.2, 0) is 0 Å². The van der Waals surface area contributed by atoms with Crippen LogP contribution in [0.15, 0.2) is 34.9 Å². The van der Waals surface area contributed by atoms with E-state index < -0.39 is 0 Å². The van der Waals surface area contributed by atoms with Crippen molar-refractivity contribution in [2.45, 2.75) is 68.7 Å². The van der Waals surface area contributed by atoms with Crippen molar-refractivity contribution < 1.29 is 0 Å². The Kier molecular flexibility index (Phi) is 3.21. The molecule has 2 aliphatic carbocycles. The Labute approximate surface area is 126 Å². The molecule has 0 radical (unpaired) electrons. The van der Waals surface area contributed by atoms with Crippen LogP contribution in [0.1, 0.15) is 68.7 Å². The van der Waals surface area contributed by atoms with Crippen molar-refractivity contribution >= 4 is 0 Å². The Hall–Kier alpha value is -0.780. The van der Waals surface area contributed by atoms with Gasteiger partial charge < -0.3 is 0 Å². The van der Waals surface area contributed by atoms with E-state index in [-0.39, 0.29) is 21.7 Å². The van der Waals surface area contributed by atoms with Crippen molar-refractivity contribution in [1.29, 1.82) is 0 Å². The lowest BCUT2D eigenvalue weighted by Gasteiger charge is -2.46. The second-order valence-corrected chi connectivity index (χ2v) is 8.82. The van der Waals surface area contributed by atoms with Crippen LogP contribution in [0, 0.1) is 21.7 Å². The maximum Gasteiger partial charge on any atom is -0.00768 e. The Morgan fingerprint density at radius 3 is 1.65 bits per heavy atom. The zero-order valence-corrected chi connectivity index (χ0v) is 14.9. The van der Waals surface area contributed by atoms with Crippen LogP contribution >= 0.6 is 0 Å². The summed E-state index contributed by atoms with van der Waals surface area (Å²) in [4.78, 5) is 0. The largest absolute Gasteiger partial charge is 0.0801 e. The van der Waals surface area contributed by atoms with Gasteiger partial charge in [0.2, 0.25) is 0 Å². The van der Waals surface area contributed by atoms with Crippen LogP contribution in [0.4, 0.5) is 0 Å². The number of rotatable bonds is 1. The summed E-state index contributed by atoms with van der Waals surface area (Å²) in [6.45, 7) is 22.0. The summed E-state index contributed by atoms with van der Waals surface area (Å²) in [6.07, 6.45) is 7.87. The molecule has 0 bridgehead atoms. The summed E-state index contributed by atoms with van der Waals surface area (Å²) in [5.41, 5.74) is 5.67. The molecule has 2 aliphatic rings. The molecule has 0 aliphatic heterocycles. The van der Waals surface area contributed by atoms with E-state index in [1.807, 2.05) is 0 Å². The molecule has 0 aromatic carbocycles. The minimum atomic E-state index is 0.216. The van der Waals surface area contributed by atoms with E-state index in [2.05, 4.69) is 80.5 Å². The zero-order valence-electron chi connectivity index (χ0n) is 14.9. The fourth-order valence-corrected chi connectivity index (χ4v) is 4.79. The molecule has 0 heteroatoms. The van der Waals surface area contributed by atoms with Crippen LogP contribution in [0.3, 0.4) is 0 Å².